The lowest BCUT2D eigenvalue weighted by Crippen LogP contribution is -2.58. The van der Waals surface area contributed by atoms with Crippen LogP contribution in [0.3, 0.4) is 0 Å². The van der Waals surface area contributed by atoms with E-state index in [2.05, 4.69) is 10.6 Å². The Bertz CT molecular complexity index is 1120. The molecule has 39 heavy (non-hydrogen) atoms. The van der Waals surface area contributed by atoms with E-state index in [1.165, 1.54) is 17.0 Å². The average Bonchev–Trinajstić information content (AvgIpc) is 2.80. The molecule has 214 valence electrons. The molecule has 0 aromatic heterocycles. The zero-order chi connectivity index (χ0) is 29.5. The van der Waals surface area contributed by atoms with Gasteiger partial charge in [-0.05, 0) is 95.8 Å². The van der Waals surface area contributed by atoms with Gasteiger partial charge in [-0.2, -0.15) is 0 Å². The van der Waals surface area contributed by atoms with Crippen molar-refractivity contribution in [3.63, 3.8) is 0 Å². The van der Waals surface area contributed by atoms with Crippen LogP contribution >= 0.6 is 0 Å². The molecule has 0 radical (unpaired) electrons. The molecule has 2 aromatic rings. The Balaban J connectivity index is 2.56. The van der Waals surface area contributed by atoms with Crippen LogP contribution in [0.5, 0.6) is 11.5 Å². The van der Waals surface area contributed by atoms with Crippen LogP contribution in [0, 0.1) is 5.92 Å². The third kappa shape index (κ3) is 9.50. The predicted octanol–water partition coefficient (Wildman–Crippen LogP) is 5.65. The van der Waals surface area contributed by atoms with Crippen LogP contribution < -0.4 is 15.4 Å². The summed E-state index contributed by atoms with van der Waals surface area (Å²) in [6.45, 7) is 14.6. The van der Waals surface area contributed by atoms with Crippen molar-refractivity contribution >= 4 is 23.6 Å². The number of phenols is 1. The Hall–Kier alpha value is -3.75. The zero-order valence-corrected chi connectivity index (χ0v) is 24.5. The smallest absolute Gasteiger partial charge is 0.408 e. The van der Waals surface area contributed by atoms with Gasteiger partial charge in [0.25, 0.3) is 5.91 Å². The summed E-state index contributed by atoms with van der Waals surface area (Å²) < 4.78 is 10.6. The molecule has 0 saturated heterocycles. The molecule has 0 aliphatic heterocycles. The number of hydrogen-bond acceptors (Lipinski definition) is 6. The number of nitrogens with one attached hydrogen (secondary N) is 2. The monoisotopic (exact) mass is 541 g/mol. The standard InChI is InChI=1S/C30H43N3O6/c1-19(2)18-24(32-28(37)39-30(6,7)8)27(36)33(29(3,4)5)25(20-10-14-22(34)15-11-20)26(35)31-21-12-16-23(38-9)17-13-21/h10-17,19,24-25,34H,18H2,1-9H3,(H,31,35)(H,32,37). The van der Waals surface area contributed by atoms with E-state index in [1.807, 2.05) is 34.6 Å². The summed E-state index contributed by atoms with van der Waals surface area (Å²) >= 11 is 0. The minimum Gasteiger partial charge on any atom is -0.508 e. The molecule has 2 unspecified atom stereocenters. The number of anilines is 1. The van der Waals surface area contributed by atoms with E-state index in [9.17, 15) is 19.5 Å². The van der Waals surface area contributed by atoms with Crippen LogP contribution in [0.15, 0.2) is 48.5 Å². The van der Waals surface area contributed by atoms with Crippen molar-refractivity contribution in [2.45, 2.75) is 85.0 Å². The number of hydrogen-bond donors (Lipinski definition) is 3. The molecule has 2 aromatic carbocycles. The van der Waals surface area contributed by atoms with Gasteiger partial charge in [0.15, 0.2) is 0 Å². The van der Waals surface area contributed by atoms with Crippen molar-refractivity contribution in [3.8, 4) is 11.5 Å². The van der Waals surface area contributed by atoms with Crippen LogP contribution in [0.25, 0.3) is 0 Å². The van der Waals surface area contributed by atoms with Gasteiger partial charge in [-0.3, -0.25) is 9.59 Å². The van der Waals surface area contributed by atoms with Crippen molar-refractivity contribution in [3.05, 3.63) is 54.1 Å². The van der Waals surface area contributed by atoms with Crippen LogP contribution in [0.1, 0.15) is 73.4 Å². The Morgan fingerprint density at radius 3 is 1.95 bits per heavy atom. The lowest BCUT2D eigenvalue weighted by molar-refractivity contribution is -0.147. The fraction of sp³-hybridized carbons (Fsp3) is 0.500. The van der Waals surface area contributed by atoms with E-state index >= 15 is 0 Å². The number of benzene rings is 2. The van der Waals surface area contributed by atoms with Crippen LogP contribution in [0.2, 0.25) is 0 Å². The predicted molar refractivity (Wildman–Crippen MR) is 152 cm³/mol. The highest BCUT2D eigenvalue weighted by molar-refractivity contribution is 5.99. The van der Waals surface area contributed by atoms with Gasteiger partial charge in [-0.25, -0.2) is 4.79 Å². The van der Waals surface area contributed by atoms with E-state index in [4.69, 9.17) is 9.47 Å². The fourth-order valence-corrected chi connectivity index (χ4v) is 4.11. The SMILES string of the molecule is COc1ccc(NC(=O)C(c2ccc(O)cc2)N(C(=O)C(CC(C)C)NC(=O)OC(C)(C)C)C(C)(C)C)cc1. The number of carbonyl (C=O) groups excluding carboxylic acids is 3. The van der Waals surface area contributed by atoms with E-state index in [0.29, 0.717) is 23.4 Å². The third-order valence-corrected chi connectivity index (χ3v) is 5.73. The molecule has 0 fully saturated rings. The highest BCUT2D eigenvalue weighted by Crippen LogP contribution is 2.32. The second-order valence-electron chi connectivity index (χ2n) is 11.9. The lowest BCUT2D eigenvalue weighted by atomic mass is 9.93. The maximum Gasteiger partial charge on any atom is 0.408 e. The molecule has 3 amide bonds. The van der Waals surface area contributed by atoms with Crippen LogP contribution in [-0.2, 0) is 14.3 Å². The van der Waals surface area contributed by atoms with Crippen LogP contribution in [0.4, 0.5) is 10.5 Å². The summed E-state index contributed by atoms with van der Waals surface area (Å²) in [7, 11) is 1.56. The number of rotatable bonds is 9. The summed E-state index contributed by atoms with van der Waals surface area (Å²) in [5, 5.41) is 15.5. The minimum atomic E-state index is -1.07. The first-order chi connectivity index (χ1) is 18.0. The molecule has 0 bridgehead atoms. The van der Waals surface area contributed by atoms with Gasteiger partial charge in [-0.1, -0.05) is 26.0 Å². The molecule has 0 aliphatic rings. The Morgan fingerprint density at radius 2 is 1.49 bits per heavy atom. The molecular weight excluding hydrogens is 498 g/mol. The Kier molecular flexibility index (Phi) is 10.4. The molecule has 3 N–H and O–H groups in total. The van der Waals surface area contributed by atoms with Gasteiger partial charge in [-0.15, -0.1) is 0 Å². The maximum atomic E-state index is 14.3. The molecule has 9 nitrogen and oxygen atoms in total. The van der Waals surface area contributed by atoms with Crippen molar-refractivity contribution in [1.29, 1.82) is 0 Å². The topological polar surface area (TPSA) is 117 Å². The molecule has 2 rings (SSSR count). The summed E-state index contributed by atoms with van der Waals surface area (Å²) in [6.07, 6.45) is -0.369. The first-order valence-electron chi connectivity index (χ1n) is 13.1. The molecule has 2 atom stereocenters. The van der Waals surface area contributed by atoms with Gasteiger partial charge in [0.1, 0.15) is 29.2 Å². The van der Waals surface area contributed by atoms with Gasteiger partial charge in [0.05, 0.1) is 7.11 Å². The molecule has 9 heteroatoms. The van der Waals surface area contributed by atoms with Crippen molar-refractivity contribution in [2.75, 3.05) is 12.4 Å². The lowest BCUT2D eigenvalue weighted by Gasteiger charge is -2.43. The number of methoxy groups -OCH3 is 1. The molecule has 0 spiro atoms. The fourth-order valence-electron chi connectivity index (χ4n) is 4.11. The zero-order valence-electron chi connectivity index (χ0n) is 24.5. The largest absolute Gasteiger partial charge is 0.508 e. The molecule has 0 aliphatic carbocycles. The number of ether oxygens (including phenoxy) is 2. The van der Waals surface area contributed by atoms with E-state index < -0.39 is 41.1 Å². The summed E-state index contributed by atoms with van der Waals surface area (Å²) in [4.78, 5) is 42.3. The first-order valence-corrected chi connectivity index (χ1v) is 13.1. The van der Waals surface area contributed by atoms with Gasteiger partial charge in [0, 0.05) is 11.2 Å². The number of amides is 3. The van der Waals surface area contributed by atoms with Crippen molar-refractivity contribution in [1.82, 2.24) is 10.2 Å². The second-order valence-corrected chi connectivity index (χ2v) is 11.9. The van der Waals surface area contributed by atoms with E-state index in [1.54, 1.807) is 64.3 Å². The Labute approximate surface area is 231 Å². The molecule has 0 heterocycles. The third-order valence-electron chi connectivity index (χ3n) is 5.73. The first kappa shape index (κ1) is 31.5. The van der Waals surface area contributed by atoms with Crippen LogP contribution in [-0.4, -0.2) is 52.2 Å². The number of aromatic hydroxyl groups is 1. The summed E-state index contributed by atoms with van der Waals surface area (Å²) in [5.41, 5.74) is -0.549. The van der Waals surface area contributed by atoms with E-state index in [0.717, 1.165) is 0 Å². The van der Waals surface area contributed by atoms with Gasteiger partial charge < -0.3 is 30.1 Å². The molecular formula is C30H43N3O6. The number of nitrogens with zero attached hydrogens (tertiary/aromatic N) is 1. The highest BCUT2D eigenvalue weighted by Gasteiger charge is 2.42. The Morgan fingerprint density at radius 1 is 0.923 bits per heavy atom. The number of alkyl carbamates (subject to hydrolysis) is 1. The van der Waals surface area contributed by atoms with Gasteiger partial charge in [0.2, 0.25) is 5.91 Å². The van der Waals surface area contributed by atoms with Crippen molar-refractivity contribution < 1.29 is 29.0 Å². The quantitative estimate of drug-likeness (QED) is 0.378. The highest BCUT2D eigenvalue weighted by atomic mass is 16.6. The second kappa shape index (κ2) is 12.9. The van der Waals surface area contributed by atoms with Crippen molar-refractivity contribution in [2.24, 2.45) is 5.92 Å². The summed E-state index contributed by atoms with van der Waals surface area (Å²) in [5.74, 6) is -0.138. The molecule has 0 saturated carbocycles. The maximum absolute atomic E-state index is 14.3. The van der Waals surface area contributed by atoms with E-state index in [-0.39, 0.29) is 11.7 Å². The van der Waals surface area contributed by atoms with Gasteiger partial charge >= 0.3 is 6.09 Å². The minimum absolute atomic E-state index is 0.0333. The number of carbonyl (C=O) groups is 3. The normalized spacial score (nSPS) is 13.3. The number of phenolic OH excluding ortho intramolecular Hbond substituents is 1. The summed E-state index contributed by atoms with van der Waals surface area (Å²) in [6, 6.07) is 11.0. The average molecular weight is 542 g/mol.